The van der Waals surface area contributed by atoms with Crippen LogP contribution < -0.4 is 22.1 Å². The van der Waals surface area contributed by atoms with E-state index in [9.17, 15) is 35.5 Å². The maximum absolute atomic E-state index is 13.5. The first kappa shape index (κ1) is 27.6. The molecule has 17 heteroatoms. The predicted molar refractivity (Wildman–Crippen MR) is 146 cm³/mol. The quantitative estimate of drug-likeness (QED) is 0.121. The van der Waals surface area contributed by atoms with Crippen LogP contribution in [0, 0.1) is 6.92 Å². The van der Waals surface area contributed by atoms with Crippen LogP contribution in [0.2, 0.25) is 0 Å². The van der Waals surface area contributed by atoms with Gasteiger partial charge in [-0.2, -0.15) is 31.8 Å². The van der Waals surface area contributed by atoms with Gasteiger partial charge >= 0.3 is 0 Å². The molecular formula is C24H19N7O8S2. The molecule has 1 aromatic heterocycles. The van der Waals surface area contributed by atoms with Crippen LogP contribution in [0.1, 0.15) is 37.7 Å². The lowest BCUT2D eigenvalue weighted by molar-refractivity contribution is 0.0980. The number of fused-ring (bicyclic) bond motifs is 2. The zero-order valence-corrected chi connectivity index (χ0v) is 22.4. The second-order valence-corrected chi connectivity index (χ2v) is 11.5. The second kappa shape index (κ2) is 9.59. The van der Waals surface area contributed by atoms with E-state index in [1.807, 2.05) is 0 Å². The highest BCUT2D eigenvalue weighted by Crippen LogP contribution is 2.40. The summed E-state index contributed by atoms with van der Waals surface area (Å²) in [5, 5.41) is 5.41. The first-order valence-corrected chi connectivity index (χ1v) is 14.3. The molecule has 1 aliphatic carbocycles. The van der Waals surface area contributed by atoms with Gasteiger partial charge < -0.3 is 22.1 Å². The molecule has 1 aliphatic rings. The summed E-state index contributed by atoms with van der Waals surface area (Å²) >= 11 is 0. The fraction of sp³-hybridized carbons (Fsp3) is 0.0417. The number of anilines is 6. The summed E-state index contributed by atoms with van der Waals surface area (Å²) < 4.78 is 68.0. The molecule has 0 fully saturated rings. The molecular weight excluding hydrogens is 578 g/mol. The molecule has 3 aromatic carbocycles. The average Bonchev–Trinajstić information content (AvgIpc) is 2.86. The summed E-state index contributed by atoms with van der Waals surface area (Å²) in [6, 6.07) is 10.1. The molecule has 4 aromatic rings. The highest BCUT2D eigenvalue weighted by atomic mass is 32.2. The Bertz CT molecular complexity index is 2010. The summed E-state index contributed by atoms with van der Waals surface area (Å²) in [6.07, 6.45) is 0. The number of nitrogens with two attached hydrogens (primary N) is 2. The van der Waals surface area contributed by atoms with E-state index in [4.69, 9.17) is 11.5 Å². The van der Waals surface area contributed by atoms with Gasteiger partial charge in [-0.3, -0.25) is 18.7 Å². The fourth-order valence-corrected chi connectivity index (χ4v) is 5.65. The molecule has 0 unspecified atom stereocenters. The van der Waals surface area contributed by atoms with Gasteiger partial charge in [-0.1, -0.05) is 24.3 Å². The van der Waals surface area contributed by atoms with Crippen LogP contribution in [0.15, 0.2) is 58.3 Å². The highest BCUT2D eigenvalue weighted by Gasteiger charge is 2.36. The van der Waals surface area contributed by atoms with Gasteiger partial charge in [-0.05, 0) is 31.2 Å². The summed E-state index contributed by atoms with van der Waals surface area (Å²) in [6.45, 7) is 1.51. The Labute approximate surface area is 232 Å². The summed E-state index contributed by atoms with van der Waals surface area (Å²) in [7, 11) is -9.75. The Hall–Kier alpha value is -4.97. The van der Waals surface area contributed by atoms with Gasteiger partial charge in [0.1, 0.15) is 15.6 Å². The molecule has 0 aliphatic heterocycles. The molecule has 0 amide bonds. The number of nitrogens with zero attached hydrogens (tertiary/aromatic N) is 3. The molecule has 0 saturated carbocycles. The Balaban J connectivity index is 1.69. The van der Waals surface area contributed by atoms with E-state index < -0.39 is 52.8 Å². The zero-order chi connectivity index (χ0) is 29.9. The predicted octanol–water partition coefficient (Wildman–Crippen LogP) is 2.10. The molecule has 41 heavy (non-hydrogen) atoms. The van der Waals surface area contributed by atoms with Crippen molar-refractivity contribution in [2.45, 2.75) is 16.7 Å². The number of aryl methyl sites for hydroxylation is 1. The van der Waals surface area contributed by atoms with E-state index in [0.29, 0.717) is 0 Å². The zero-order valence-electron chi connectivity index (χ0n) is 20.8. The molecule has 5 rings (SSSR count). The number of carbonyl (C=O) groups excluding carboxylic acids is 2. The number of hydrogen-bond donors (Lipinski definition) is 6. The normalized spacial score (nSPS) is 13.0. The monoisotopic (exact) mass is 597 g/mol. The van der Waals surface area contributed by atoms with E-state index in [-0.39, 0.29) is 51.5 Å². The number of rotatable bonds is 6. The SMILES string of the molecule is Cc1nc(N)nc(Nc2cc(Nc3cc(S(=O)(=O)O)c(N)c4c3C(=O)c3ccccc3C4=O)ccc2S(=O)(=O)O)n1. The van der Waals surface area contributed by atoms with Crippen molar-refractivity contribution in [2.24, 2.45) is 0 Å². The van der Waals surface area contributed by atoms with Gasteiger partial charge in [-0.25, -0.2) is 0 Å². The van der Waals surface area contributed by atoms with Crippen LogP contribution in [0.4, 0.5) is 34.6 Å². The smallest absolute Gasteiger partial charge is 0.296 e. The molecule has 15 nitrogen and oxygen atoms in total. The van der Waals surface area contributed by atoms with Crippen molar-refractivity contribution in [1.82, 2.24) is 15.0 Å². The van der Waals surface area contributed by atoms with Gasteiger partial charge in [0.2, 0.25) is 11.9 Å². The summed E-state index contributed by atoms with van der Waals surface area (Å²) in [4.78, 5) is 37.2. The lowest BCUT2D eigenvalue weighted by atomic mass is 9.82. The number of ketones is 2. The van der Waals surface area contributed by atoms with Crippen molar-refractivity contribution >= 4 is 66.4 Å². The lowest BCUT2D eigenvalue weighted by Gasteiger charge is -2.24. The van der Waals surface area contributed by atoms with Crippen LogP contribution in [-0.4, -0.2) is 52.5 Å². The van der Waals surface area contributed by atoms with Gasteiger partial charge in [0.15, 0.2) is 11.6 Å². The third kappa shape index (κ3) is 5.05. The molecule has 0 spiro atoms. The van der Waals surface area contributed by atoms with Crippen molar-refractivity contribution in [3.05, 3.63) is 76.6 Å². The van der Waals surface area contributed by atoms with E-state index in [2.05, 4.69) is 25.6 Å². The van der Waals surface area contributed by atoms with E-state index >= 15 is 0 Å². The first-order chi connectivity index (χ1) is 19.1. The topological polar surface area (TPSA) is 258 Å². The molecule has 0 radical (unpaired) electrons. The highest BCUT2D eigenvalue weighted by molar-refractivity contribution is 7.86. The minimum atomic E-state index is -4.97. The molecule has 0 atom stereocenters. The van der Waals surface area contributed by atoms with Crippen LogP contribution >= 0.6 is 0 Å². The van der Waals surface area contributed by atoms with Crippen molar-refractivity contribution in [3.8, 4) is 0 Å². The van der Waals surface area contributed by atoms with Crippen molar-refractivity contribution < 1.29 is 35.5 Å². The maximum Gasteiger partial charge on any atom is 0.296 e. The van der Waals surface area contributed by atoms with Crippen LogP contribution in [-0.2, 0) is 20.2 Å². The van der Waals surface area contributed by atoms with Gasteiger partial charge in [-0.15, -0.1) is 0 Å². The van der Waals surface area contributed by atoms with E-state index in [1.54, 1.807) is 6.07 Å². The molecule has 8 N–H and O–H groups in total. The minimum Gasteiger partial charge on any atom is -0.397 e. The van der Waals surface area contributed by atoms with Crippen molar-refractivity contribution in [1.29, 1.82) is 0 Å². The van der Waals surface area contributed by atoms with E-state index in [0.717, 1.165) is 12.1 Å². The molecule has 210 valence electrons. The van der Waals surface area contributed by atoms with Crippen molar-refractivity contribution in [2.75, 3.05) is 22.1 Å². The van der Waals surface area contributed by atoms with Gasteiger partial charge in [0.25, 0.3) is 20.2 Å². The van der Waals surface area contributed by atoms with Gasteiger partial charge in [0, 0.05) is 16.8 Å². The molecule has 0 bridgehead atoms. The van der Waals surface area contributed by atoms with E-state index in [1.165, 1.54) is 37.3 Å². The third-order valence-corrected chi connectivity index (χ3v) is 7.83. The lowest BCUT2D eigenvalue weighted by Crippen LogP contribution is -2.25. The third-order valence-electron chi connectivity index (χ3n) is 6.03. The molecule has 1 heterocycles. The fourth-order valence-electron chi connectivity index (χ4n) is 4.37. The van der Waals surface area contributed by atoms with Crippen LogP contribution in [0.3, 0.4) is 0 Å². The molecule has 0 saturated heterocycles. The second-order valence-electron chi connectivity index (χ2n) is 8.77. The van der Waals surface area contributed by atoms with Gasteiger partial charge in [0.05, 0.1) is 28.2 Å². The van der Waals surface area contributed by atoms with Crippen LogP contribution in [0.5, 0.6) is 0 Å². The maximum atomic E-state index is 13.5. The average molecular weight is 598 g/mol. The number of aromatic nitrogens is 3. The number of carbonyl (C=O) groups is 2. The standard InChI is InChI=1S/C24H19N7O8S2/c1-10-27-23(26)31-24(28-10)30-14-8-11(6-7-16(14)40(34,35)36)29-15-9-17(41(37,38)39)20(25)19-18(15)21(32)12-4-2-3-5-13(12)22(19)33/h2-9,29H,25H2,1H3,(H,34,35,36)(H,37,38,39)(H3,26,27,28,30,31). The summed E-state index contributed by atoms with van der Waals surface area (Å²) in [5.41, 5.74) is 9.90. The number of hydrogen-bond acceptors (Lipinski definition) is 13. The van der Waals surface area contributed by atoms with Crippen LogP contribution in [0.25, 0.3) is 0 Å². The Morgan fingerprint density at radius 2 is 1.34 bits per heavy atom. The minimum absolute atomic E-state index is 0.00829. The summed E-state index contributed by atoms with van der Waals surface area (Å²) in [5.74, 6) is -1.52. The largest absolute Gasteiger partial charge is 0.397 e. The first-order valence-electron chi connectivity index (χ1n) is 11.4. The number of benzene rings is 3. The number of nitrogens with one attached hydrogen (secondary N) is 2. The number of nitrogen functional groups attached to an aromatic ring is 2. The Kier molecular flexibility index (Phi) is 6.46. The van der Waals surface area contributed by atoms with Crippen molar-refractivity contribution in [3.63, 3.8) is 0 Å². The Morgan fingerprint density at radius 3 is 1.93 bits per heavy atom. The Morgan fingerprint density at radius 1 is 0.732 bits per heavy atom.